The average molecular weight is 532 g/mol. The summed E-state index contributed by atoms with van der Waals surface area (Å²) in [5, 5.41) is 0. The first-order valence-electron chi connectivity index (χ1n) is 11.6. The molecule has 0 saturated carbocycles. The molecule has 0 atom stereocenters. The Morgan fingerprint density at radius 1 is 0.579 bits per heavy atom. The van der Waals surface area contributed by atoms with Gasteiger partial charge in [-0.05, 0) is 77.4 Å². The molecule has 0 fully saturated rings. The molecular weight excluding hydrogens is 512 g/mol. The number of hydrogen-bond acceptors (Lipinski definition) is 0. The van der Waals surface area contributed by atoms with Crippen molar-refractivity contribution >= 4 is 5.83 Å². The summed E-state index contributed by atoms with van der Waals surface area (Å²) in [6.07, 6.45) is -0.0961. The lowest BCUT2D eigenvalue weighted by Gasteiger charge is -2.11. The molecule has 0 heterocycles. The number of halogens is 8. The van der Waals surface area contributed by atoms with Crippen LogP contribution in [0.25, 0.3) is 28.1 Å². The molecule has 0 aliphatic rings. The summed E-state index contributed by atoms with van der Waals surface area (Å²) in [6, 6.07) is 12.7. The molecule has 0 amide bonds. The molecule has 4 aromatic rings. The first kappa shape index (κ1) is 27.1. The Hall–Kier alpha value is -3.94. The number of benzene rings is 4. The van der Waals surface area contributed by atoms with E-state index in [0.717, 1.165) is 30.3 Å². The Morgan fingerprint density at radius 3 is 1.68 bits per heavy atom. The fourth-order valence-corrected chi connectivity index (χ4v) is 4.07. The van der Waals surface area contributed by atoms with Crippen LogP contribution < -0.4 is 0 Å². The molecular formula is C30H20F8. The summed E-state index contributed by atoms with van der Waals surface area (Å²) in [5.41, 5.74) is 0.235. The smallest absolute Gasteiger partial charge is 0.194 e. The molecule has 196 valence electrons. The van der Waals surface area contributed by atoms with Gasteiger partial charge in [0, 0.05) is 5.56 Å². The van der Waals surface area contributed by atoms with Crippen LogP contribution in [-0.4, -0.2) is 0 Å². The molecule has 38 heavy (non-hydrogen) atoms. The Morgan fingerprint density at radius 2 is 1.13 bits per heavy atom. The molecule has 0 saturated heterocycles. The van der Waals surface area contributed by atoms with Gasteiger partial charge in [-0.15, -0.1) is 0 Å². The summed E-state index contributed by atoms with van der Waals surface area (Å²) in [5.74, 6) is -8.91. The van der Waals surface area contributed by atoms with E-state index >= 15 is 0 Å². The van der Waals surface area contributed by atoms with Gasteiger partial charge in [-0.2, -0.15) is 0 Å². The highest BCUT2D eigenvalue weighted by Crippen LogP contribution is 2.33. The topological polar surface area (TPSA) is 0 Å². The third-order valence-corrected chi connectivity index (χ3v) is 6.13. The molecule has 8 heteroatoms. The zero-order valence-electron chi connectivity index (χ0n) is 20.0. The van der Waals surface area contributed by atoms with E-state index in [1.807, 2.05) is 0 Å². The SMILES string of the molecule is CC/C(F)=C(\F)c1ccc(-c2cc(F)c(-c3ccc(CCc4cc(F)c(F)c(F)c4)c(F)c3)c(F)c2)cc1. The number of allylic oxidation sites excluding steroid dienone is 1. The summed E-state index contributed by atoms with van der Waals surface area (Å²) >= 11 is 0. The predicted molar refractivity (Wildman–Crippen MR) is 130 cm³/mol. The van der Waals surface area contributed by atoms with Gasteiger partial charge >= 0.3 is 0 Å². The molecule has 0 radical (unpaired) electrons. The quantitative estimate of drug-likeness (QED) is 0.164. The van der Waals surface area contributed by atoms with Crippen LogP contribution in [0.5, 0.6) is 0 Å². The molecule has 0 nitrogen and oxygen atoms in total. The van der Waals surface area contributed by atoms with Crippen LogP contribution in [0.3, 0.4) is 0 Å². The van der Waals surface area contributed by atoms with E-state index in [2.05, 4.69) is 0 Å². The van der Waals surface area contributed by atoms with Crippen molar-refractivity contribution in [1.82, 2.24) is 0 Å². The van der Waals surface area contributed by atoms with Gasteiger partial charge < -0.3 is 0 Å². The maximum atomic E-state index is 15.0. The summed E-state index contributed by atoms with van der Waals surface area (Å²) < 4.78 is 112. The van der Waals surface area contributed by atoms with Crippen LogP contribution in [0.15, 0.2) is 72.6 Å². The molecule has 0 aromatic heterocycles. The lowest BCUT2D eigenvalue weighted by molar-refractivity contribution is 0.445. The van der Waals surface area contributed by atoms with Crippen molar-refractivity contribution in [1.29, 1.82) is 0 Å². The molecule has 0 aliphatic heterocycles. The summed E-state index contributed by atoms with van der Waals surface area (Å²) in [7, 11) is 0. The van der Waals surface area contributed by atoms with Gasteiger partial charge in [0.1, 0.15) is 23.3 Å². The fraction of sp³-hybridized carbons (Fsp3) is 0.133. The standard InChI is InChI=1S/C30H20F8/c1-2-22(31)29(37)19-8-5-17(6-9-19)21-14-24(33)28(25(34)15-21)20-10-7-18(23(32)13-20)4-3-16-11-26(35)30(38)27(36)12-16/h5-15H,2-4H2,1H3/b29-22+. The number of aryl methyl sites for hydroxylation is 2. The van der Waals surface area contributed by atoms with Crippen LogP contribution in [0, 0.1) is 34.9 Å². The van der Waals surface area contributed by atoms with Crippen molar-refractivity contribution in [2.24, 2.45) is 0 Å². The van der Waals surface area contributed by atoms with Crippen LogP contribution >= 0.6 is 0 Å². The minimum Gasteiger partial charge on any atom is -0.209 e. The molecule has 0 aliphatic carbocycles. The Balaban J connectivity index is 1.56. The van der Waals surface area contributed by atoms with Gasteiger partial charge in [-0.25, -0.2) is 35.1 Å². The van der Waals surface area contributed by atoms with Gasteiger partial charge in [-0.3, -0.25) is 0 Å². The zero-order chi connectivity index (χ0) is 27.6. The molecule has 0 bridgehead atoms. The zero-order valence-corrected chi connectivity index (χ0v) is 20.0. The summed E-state index contributed by atoms with van der Waals surface area (Å²) in [4.78, 5) is 0. The van der Waals surface area contributed by atoms with Gasteiger partial charge in [0.2, 0.25) is 0 Å². The van der Waals surface area contributed by atoms with E-state index in [-0.39, 0.29) is 47.1 Å². The van der Waals surface area contributed by atoms with Crippen LogP contribution in [-0.2, 0) is 12.8 Å². The maximum absolute atomic E-state index is 15.0. The van der Waals surface area contributed by atoms with E-state index < -0.39 is 52.1 Å². The van der Waals surface area contributed by atoms with E-state index in [9.17, 15) is 35.1 Å². The Bertz CT molecular complexity index is 1470. The maximum Gasteiger partial charge on any atom is 0.194 e. The van der Waals surface area contributed by atoms with Crippen molar-refractivity contribution in [3.63, 3.8) is 0 Å². The monoisotopic (exact) mass is 532 g/mol. The average Bonchev–Trinajstić information content (AvgIpc) is 2.90. The Kier molecular flexibility index (Phi) is 7.99. The van der Waals surface area contributed by atoms with Crippen LogP contribution in [0.4, 0.5) is 35.1 Å². The van der Waals surface area contributed by atoms with E-state index in [1.165, 1.54) is 43.3 Å². The lowest BCUT2D eigenvalue weighted by Crippen LogP contribution is -2.00. The van der Waals surface area contributed by atoms with Crippen molar-refractivity contribution < 1.29 is 35.1 Å². The van der Waals surface area contributed by atoms with Crippen LogP contribution in [0.1, 0.15) is 30.0 Å². The summed E-state index contributed by atoms with van der Waals surface area (Å²) in [6.45, 7) is 1.47. The first-order chi connectivity index (χ1) is 18.1. The first-order valence-corrected chi connectivity index (χ1v) is 11.6. The highest BCUT2D eigenvalue weighted by atomic mass is 19.2. The third kappa shape index (κ3) is 5.64. The van der Waals surface area contributed by atoms with Gasteiger partial charge in [-0.1, -0.05) is 43.3 Å². The van der Waals surface area contributed by atoms with E-state index in [4.69, 9.17) is 0 Å². The highest BCUT2D eigenvalue weighted by Gasteiger charge is 2.17. The van der Waals surface area contributed by atoms with E-state index in [0.29, 0.717) is 5.56 Å². The third-order valence-electron chi connectivity index (χ3n) is 6.13. The molecule has 4 rings (SSSR count). The van der Waals surface area contributed by atoms with Gasteiger partial charge in [0.05, 0.1) is 5.56 Å². The number of rotatable bonds is 7. The van der Waals surface area contributed by atoms with Crippen molar-refractivity contribution in [3.8, 4) is 22.3 Å². The van der Waals surface area contributed by atoms with Crippen LogP contribution in [0.2, 0.25) is 0 Å². The normalized spacial score (nSPS) is 12.0. The second-order valence-electron chi connectivity index (χ2n) is 8.64. The Labute approximate surface area is 213 Å². The predicted octanol–water partition coefficient (Wildman–Crippen LogP) is 9.66. The minimum atomic E-state index is -1.59. The van der Waals surface area contributed by atoms with Gasteiger partial charge in [0.25, 0.3) is 0 Å². The van der Waals surface area contributed by atoms with Crippen molar-refractivity contribution in [3.05, 3.63) is 124 Å². The van der Waals surface area contributed by atoms with E-state index in [1.54, 1.807) is 0 Å². The lowest BCUT2D eigenvalue weighted by atomic mass is 9.96. The largest absolute Gasteiger partial charge is 0.209 e. The van der Waals surface area contributed by atoms with Gasteiger partial charge in [0.15, 0.2) is 23.3 Å². The fourth-order valence-electron chi connectivity index (χ4n) is 4.07. The van der Waals surface area contributed by atoms with Crippen molar-refractivity contribution in [2.75, 3.05) is 0 Å². The second-order valence-corrected chi connectivity index (χ2v) is 8.64. The number of hydrogen-bond donors (Lipinski definition) is 0. The molecule has 0 unspecified atom stereocenters. The minimum absolute atomic E-state index is 0.00377. The molecule has 0 spiro atoms. The highest BCUT2D eigenvalue weighted by molar-refractivity contribution is 5.73. The molecule has 4 aromatic carbocycles. The van der Waals surface area contributed by atoms with Crippen molar-refractivity contribution in [2.45, 2.75) is 26.2 Å². The second kappa shape index (κ2) is 11.2. The molecule has 0 N–H and O–H groups in total.